The molecule has 174 valence electrons. The number of methoxy groups -OCH3 is 1. The molecule has 0 heterocycles. The van der Waals surface area contributed by atoms with Crippen molar-refractivity contribution in [3.05, 3.63) is 101 Å². The first-order valence-electron chi connectivity index (χ1n) is 11.2. The number of carbonyl (C=O) groups is 2. The zero-order chi connectivity index (χ0) is 24.2. The minimum atomic E-state index is -0.967. The fourth-order valence-corrected chi connectivity index (χ4v) is 3.34. The van der Waals surface area contributed by atoms with Gasteiger partial charge in [-0.25, -0.2) is 4.79 Å². The number of hydrogen-bond acceptors (Lipinski definition) is 4. The van der Waals surface area contributed by atoms with Gasteiger partial charge in [-0.2, -0.15) is 0 Å². The van der Waals surface area contributed by atoms with E-state index in [0.717, 1.165) is 36.1 Å². The number of carboxylic acids is 1. The van der Waals surface area contributed by atoms with Gasteiger partial charge in [-0.15, -0.1) is 0 Å². The quantitative estimate of drug-likeness (QED) is 0.245. The van der Waals surface area contributed by atoms with Gasteiger partial charge >= 0.3 is 5.97 Å². The summed E-state index contributed by atoms with van der Waals surface area (Å²) < 4.78 is 10.7. The highest BCUT2D eigenvalue weighted by Crippen LogP contribution is 2.16. The molecule has 5 nitrogen and oxygen atoms in total. The highest BCUT2D eigenvalue weighted by Gasteiger charge is 2.16. The Balaban J connectivity index is 1.36. The summed E-state index contributed by atoms with van der Waals surface area (Å²) in [6, 6.07) is 24.0. The SMILES string of the molecule is COC(Cc1ccc(C#CCCCCOc2ccc(C(=O)c3ccccc3)cc2)cc1)C(=O)O. The van der Waals surface area contributed by atoms with Crippen molar-refractivity contribution in [3.8, 4) is 17.6 Å². The standard InChI is InChI=1S/C29H28O5/c1-33-27(29(31)32)21-23-14-12-22(13-15-23)9-5-2-3-8-20-34-26-18-16-25(17-19-26)28(30)24-10-6-4-7-11-24/h4,6-7,10-19,27H,2-3,8,20-21H2,1H3,(H,31,32). The van der Waals surface area contributed by atoms with Crippen LogP contribution in [0.3, 0.4) is 0 Å². The van der Waals surface area contributed by atoms with Gasteiger partial charge < -0.3 is 14.6 Å². The predicted octanol–water partition coefficient (Wildman–Crippen LogP) is 5.16. The minimum absolute atomic E-state index is 0.000189. The van der Waals surface area contributed by atoms with Crippen LogP contribution in [-0.4, -0.2) is 36.7 Å². The number of carboxylic acid groups (broad SMARTS) is 1. The Morgan fingerprint density at radius 3 is 2.21 bits per heavy atom. The van der Waals surface area contributed by atoms with Gasteiger partial charge in [0.1, 0.15) is 5.75 Å². The summed E-state index contributed by atoms with van der Waals surface area (Å²) in [6.07, 6.45) is 2.05. The van der Waals surface area contributed by atoms with E-state index in [0.29, 0.717) is 24.2 Å². The molecule has 0 aliphatic carbocycles. The summed E-state index contributed by atoms with van der Waals surface area (Å²) >= 11 is 0. The fraction of sp³-hybridized carbons (Fsp3) is 0.241. The normalized spacial score (nSPS) is 11.2. The average Bonchev–Trinajstić information content (AvgIpc) is 2.87. The van der Waals surface area contributed by atoms with E-state index in [1.165, 1.54) is 7.11 Å². The monoisotopic (exact) mass is 456 g/mol. The van der Waals surface area contributed by atoms with Crippen LogP contribution in [0.2, 0.25) is 0 Å². The zero-order valence-corrected chi connectivity index (χ0v) is 19.2. The molecule has 0 aliphatic heterocycles. The summed E-state index contributed by atoms with van der Waals surface area (Å²) in [6.45, 7) is 0.590. The predicted molar refractivity (Wildman–Crippen MR) is 131 cm³/mol. The Kier molecular flexibility index (Phi) is 9.45. The number of aliphatic carboxylic acids is 1. The van der Waals surface area contributed by atoms with E-state index in [9.17, 15) is 9.59 Å². The number of hydrogen-bond donors (Lipinski definition) is 1. The number of ether oxygens (including phenoxy) is 2. The minimum Gasteiger partial charge on any atom is -0.494 e. The van der Waals surface area contributed by atoms with Gasteiger partial charge in [-0.05, 0) is 54.8 Å². The molecule has 0 spiro atoms. The Labute approximate surface area is 200 Å². The van der Waals surface area contributed by atoms with E-state index < -0.39 is 12.1 Å². The van der Waals surface area contributed by atoms with E-state index in [1.54, 1.807) is 12.1 Å². The Morgan fingerprint density at radius 2 is 1.56 bits per heavy atom. The van der Waals surface area contributed by atoms with E-state index in [2.05, 4.69) is 11.8 Å². The van der Waals surface area contributed by atoms with Crippen molar-refractivity contribution in [2.24, 2.45) is 0 Å². The van der Waals surface area contributed by atoms with Crippen LogP contribution in [0.1, 0.15) is 46.3 Å². The molecule has 3 aromatic carbocycles. The maximum Gasteiger partial charge on any atom is 0.333 e. The molecule has 0 fully saturated rings. The molecule has 34 heavy (non-hydrogen) atoms. The fourth-order valence-electron chi connectivity index (χ4n) is 3.34. The number of unbranched alkanes of at least 4 members (excludes halogenated alkanes) is 2. The molecule has 3 rings (SSSR count). The lowest BCUT2D eigenvalue weighted by molar-refractivity contribution is -0.148. The van der Waals surface area contributed by atoms with Gasteiger partial charge in [0.2, 0.25) is 0 Å². The molecule has 0 aliphatic rings. The maximum atomic E-state index is 12.4. The number of benzene rings is 3. The van der Waals surface area contributed by atoms with Crippen LogP contribution >= 0.6 is 0 Å². The van der Waals surface area contributed by atoms with Crippen molar-refractivity contribution >= 4 is 11.8 Å². The van der Waals surface area contributed by atoms with Crippen molar-refractivity contribution < 1.29 is 24.2 Å². The summed E-state index contributed by atoms with van der Waals surface area (Å²) in [4.78, 5) is 23.5. The second-order valence-corrected chi connectivity index (χ2v) is 7.79. The van der Waals surface area contributed by atoms with Crippen LogP contribution in [0.25, 0.3) is 0 Å². The van der Waals surface area contributed by atoms with Gasteiger partial charge in [-0.3, -0.25) is 4.79 Å². The zero-order valence-electron chi connectivity index (χ0n) is 19.2. The first kappa shape index (κ1) is 24.8. The summed E-state index contributed by atoms with van der Waals surface area (Å²) in [5.74, 6) is 6.07. The molecular weight excluding hydrogens is 428 g/mol. The number of carbonyl (C=O) groups excluding carboxylic acids is 1. The Bertz CT molecular complexity index is 1120. The molecule has 3 aromatic rings. The van der Waals surface area contributed by atoms with Crippen LogP contribution < -0.4 is 4.74 Å². The third-order valence-electron chi connectivity index (χ3n) is 5.29. The van der Waals surface area contributed by atoms with E-state index in [4.69, 9.17) is 14.6 Å². The molecular formula is C29H28O5. The highest BCUT2D eigenvalue weighted by atomic mass is 16.5. The lowest BCUT2D eigenvalue weighted by Crippen LogP contribution is -2.24. The molecule has 0 bridgehead atoms. The van der Waals surface area contributed by atoms with Crippen LogP contribution in [0.4, 0.5) is 0 Å². The van der Waals surface area contributed by atoms with Crippen molar-refractivity contribution in [1.29, 1.82) is 0 Å². The second kappa shape index (κ2) is 13.0. The summed E-state index contributed by atoms with van der Waals surface area (Å²) in [5.41, 5.74) is 3.11. The third-order valence-corrected chi connectivity index (χ3v) is 5.29. The van der Waals surface area contributed by atoms with E-state index in [1.807, 2.05) is 66.7 Å². The van der Waals surface area contributed by atoms with E-state index in [-0.39, 0.29) is 5.78 Å². The maximum absolute atomic E-state index is 12.4. The second-order valence-electron chi connectivity index (χ2n) is 7.79. The van der Waals surface area contributed by atoms with E-state index >= 15 is 0 Å². The number of ketones is 1. The average molecular weight is 457 g/mol. The molecule has 0 amide bonds. The molecule has 0 aromatic heterocycles. The topological polar surface area (TPSA) is 72.8 Å². The Morgan fingerprint density at radius 1 is 0.882 bits per heavy atom. The van der Waals surface area contributed by atoms with Crippen LogP contribution in [0.15, 0.2) is 78.9 Å². The smallest absolute Gasteiger partial charge is 0.333 e. The Hall–Kier alpha value is -3.88. The number of rotatable bonds is 11. The molecule has 1 atom stereocenters. The van der Waals surface area contributed by atoms with Crippen molar-refractivity contribution in [1.82, 2.24) is 0 Å². The van der Waals surface area contributed by atoms with Crippen molar-refractivity contribution in [2.45, 2.75) is 31.8 Å². The molecule has 0 saturated heterocycles. The van der Waals surface area contributed by atoms with Gasteiger partial charge in [0, 0.05) is 36.6 Å². The molecule has 1 unspecified atom stereocenters. The molecule has 0 radical (unpaired) electrons. The van der Waals surface area contributed by atoms with Gasteiger partial charge in [-0.1, -0.05) is 54.3 Å². The van der Waals surface area contributed by atoms with Crippen molar-refractivity contribution in [2.75, 3.05) is 13.7 Å². The van der Waals surface area contributed by atoms with Crippen LogP contribution in [0, 0.1) is 11.8 Å². The molecule has 1 N–H and O–H groups in total. The summed E-state index contributed by atoms with van der Waals surface area (Å²) in [5, 5.41) is 9.06. The highest BCUT2D eigenvalue weighted by molar-refractivity contribution is 6.08. The largest absolute Gasteiger partial charge is 0.494 e. The molecule has 0 saturated carbocycles. The van der Waals surface area contributed by atoms with Crippen LogP contribution in [0.5, 0.6) is 5.75 Å². The van der Waals surface area contributed by atoms with Crippen LogP contribution in [-0.2, 0) is 16.0 Å². The first-order chi connectivity index (χ1) is 16.6. The first-order valence-corrected chi connectivity index (χ1v) is 11.2. The lowest BCUT2D eigenvalue weighted by atomic mass is 10.0. The third kappa shape index (κ3) is 7.61. The van der Waals surface area contributed by atoms with Crippen molar-refractivity contribution in [3.63, 3.8) is 0 Å². The van der Waals surface area contributed by atoms with Gasteiger partial charge in [0.05, 0.1) is 6.61 Å². The molecule has 5 heteroatoms. The van der Waals surface area contributed by atoms with Gasteiger partial charge in [0.25, 0.3) is 0 Å². The summed E-state index contributed by atoms with van der Waals surface area (Å²) in [7, 11) is 1.40. The van der Waals surface area contributed by atoms with Gasteiger partial charge in [0.15, 0.2) is 11.9 Å². The lowest BCUT2D eigenvalue weighted by Gasteiger charge is -2.09.